The highest BCUT2D eigenvalue weighted by atomic mass is 16.2. The van der Waals surface area contributed by atoms with Crippen molar-refractivity contribution in [1.29, 1.82) is 0 Å². The number of nitrogens with zero attached hydrogens (tertiary/aromatic N) is 1. The van der Waals surface area contributed by atoms with Crippen molar-refractivity contribution in [3.63, 3.8) is 0 Å². The normalized spacial score (nSPS) is 18.2. The van der Waals surface area contributed by atoms with E-state index in [2.05, 4.69) is 34.7 Å². The molecule has 3 N–H and O–H groups in total. The molecule has 0 aromatic carbocycles. The number of hydrogen-bond acceptors (Lipinski definition) is 4. The molecule has 122 valence electrons. The zero-order valence-electron chi connectivity index (χ0n) is 13.6. The van der Waals surface area contributed by atoms with Gasteiger partial charge < -0.3 is 16.0 Å². The highest BCUT2D eigenvalue weighted by Crippen LogP contribution is 2.08. The molecule has 1 rings (SSSR count). The van der Waals surface area contributed by atoms with Crippen LogP contribution < -0.4 is 16.0 Å². The molecule has 1 aliphatic rings. The topological polar surface area (TPSA) is 73.5 Å². The fraction of sp³-hybridized carbons (Fsp3) is 0.867. The van der Waals surface area contributed by atoms with E-state index in [1.807, 2.05) is 0 Å². The third kappa shape index (κ3) is 8.67. The highest BCUT2D eigenvalue weighted by molar-refractivity contribution is 5.78. The van der Waals surface area contributed by atoms with Gasteiger partial charge in [0.1, 0.15) is 0 Å². The summed E-state index contributed by atoms with van der Waals surface area (Å²) in [4.78, 5) is 24.9. The van der Waals surface area contributed by atoms with Crippen molar-refractivity contribution in [3.8, 4) is 0 Å². The summed E-state index contributed by atoms with van der Waals surface area (Å²) < 4.78 is 0. The summed E-state index contributed by atoms with van der Waals surface area (Å²) in [5.41, 5.74) is 0. The predicted molar refractivity (Wildman–Crippen MR) is 84.0 cm³/mol. The molecule has 0 radical (unpaired) electrons. The molecule has 1 heterocycles. The molecule has 0 aromatic rings. The standard InChI is InChI=1S/C15H30N4O2/c1-12(2)9-19(10-14-5-4-6-17-14)11-15(21)18-8-7-16-13(3)20/h12,14,17H,4-11H2,1-3H3,(H,16,20)(H,18,21). The van der Waals surface area contributed by atoms with Crippen molar-refractivity contribution >= 4 is 11.8 Å². The predicted octanol–water partition coefficient (Wildman–Crippen LogP) is -0.0513. The maximum absolute atomic E-state index is 12.0. The largest absolute Gasteiger partial charge is 0.355 e. The smallest absolute Gasteiger partial charge is 0.234 e. The van der Waals surface area contributed by atoms with E-state index >= 15 is 0 Å². The molecule has 1 fully saturated rings. The average Bonchev–Trinajstić information content (AvgIpc) is 2.86. The van der Waals surface area contributed by atoms with Gasteiger partial charge in [0.05, 0.1) is 6.54 Å². The molecule has 0 aliphatic carbocycles. The van der Waals surface area contributed by atoms with E-state index in [0.717, 1.165) is 19.6 Å². The van der Waals surface area contributed by atoms with E-state index in [4.69, 9.17) is 0 Å². The molecule has 1 aliphatic heterocycles. The summed E-state index contributed by atoms with van der Waals surface area (Å²) in [5, 5.41) is 9.00. The van der Waals surface area contributed by atoms with E-state index in [1.165, 1.54) is 19.8 Å². The molecule has 0 aromatic heterocycles. The summed E-state index contributed by atoms with van der Waals surface area (Å²) in [5.74, 6) is 0.496. The lowest BCUT2D eigenvalue weighted by Crippen LogP contribution is -2.45. The van der Waals surface area contributed by atoms with Gasteiger partial charge in [-0.1, -0.05) is 13.8 Å². The van der Waals surface area contributed by atoms with Gasteiger partial charge in [-0.25, -0.2) is 0 Å². The van der Waals surface area contributed by atoms with Gasteiger partial charge in [-0.3, -0.25) is 14.5 Å². The van der Waals surface area contributed by atoms with Crippen molar-refractivity contribution < 1.29 is 9.59 Å². The zero-order valence-corrected chi connectivity index (χ0v) is 13.6. The third-order valence-electron chi connectivity index (χ3n) is 3.45. The number of carbonyl (C=O) groups is 2. The zero-order chi connectivity index (χ0) is 15.7. The second-order valence-electron chi connectivity index (χ2n) is 6.21. The van der Waals surface area contributed by atoms with E-state index in [0.29, 0.717) is 31.6 Å². The molecule has 21 heavy (non-hydrogen) atoms. The molecular formula is C15H30N4O2. The van der Waals surface area contributed by atoms with Crippen molar-refractivity contribution in [2.24, 2.45) is 5.92 Å². The van der Waals surface area contributed by atoms with Crippen LogP contribution >= 0.6 is 0 Å². The molecule has 6 nitrogen and oxygen atoms in total. The Hall–Kier alpha value is -1.14. The SMILES string of the molecule is CC(=O)NCCNC(=O)CN(CC(C)C)CC1CCCN1. The minimum atomic E-state index is -0.0713. The van der Waals surface area contributed by atoms with E-state index in [1.54, 1.807) is 0 Å². The van der Waals surface area contributed by atoms with E-state index in [-0.39, 0.29) is 11.8 Å². The van der Waals surface area contributed by atoms with Crippen molar-refractivity contribution in [2.75, 3.05) is 39.3 Å². The van der Waals surface area contributed by atoms with Crippen LogP contribution in [0.25, 0.3) is 0 Å². The molecule has 1 unspecified atom stereocenters. The summed E-state index contributed by atoms with van der Waals surface area (Å²) >= 11 is 0. The molecule has 0 bridgehead atoms. The first-order chi connectivity index (χ1) is 9.97. The Morgan fingerprint density at radius 3 is 2.57 bits per heavy atom. The Balaban J connectivity index is 2.29. The fourth-order valence-electron chi connectivity index (χ4n) is 2.64. The van der Waals surface area contributed by atoms with Crippen LogP contribution in [0.4, 0.5) is 0 Å². The van der Waals surface area contributed by atoms with Crippen LogP contribution in [0, 0.1) is 5.92 Å². The summed E-state index contributed by atoms with van der Waals surface area (Å²) in [6, 6.07) is 0.510. The lowest BCUT2D eigenvalue weighted by Gasteiger charge is -2.26. The summed E-state index contributed by atoms with van der Waals surface area (Å²) in [6.07, 6.45) is 2.42. The minimum absolute atomic E-state index is 0.0269. The number of rotatable bonds is 9. The lowest BCUT2D eigenvalue weighted by atomic mass is 10.1. The molecule has 2 amide bonds. The first-order valence-electron chi connectivity index (χ1n) is 7.94. The van der Waals surface area contributed by atoms with E-state index in [9.17, 15) is 9.59 Å². The van der Waals surface area contributed by atoms with Crippen LogP contribution in [0.1, 0.15) is 33.6 Å². The first-order valence-corrected chi connectivity index (χ1v) is 7.94. The van der Waals surface area contributed by atoms with Crippen molar-refractivity contribution in [1.82, 2.24) is 20.9 Å². The van der Waals surface area contributed by atoms with Crippen LogP contribution in [-0.4, -0.2) is 62.0 Å². The van der Waals surface area contributed by atoms with Crippen LogP contribution in [0.5, 0.6) is 0 Å². The van der Waals surface area contributed by atoms with Crippen molar-refractivity contribution in [2.45, 2.75) is 39.7 Å². The second-order valence-corrected chi connectivity index (χ2v) is 6.21. The number of nitrogens with one attached hydrogen (secondary N) is 3. The number of carbonyl (C=O) groups excluding carboxylic acids is 2. The van der Waals surface area contributed by atoms with Gasteiger partial charge in [0.2, 0.25) is 11.8 Å². The molecule has 6 heteroatoms. The molecule has 1 saturated heterocycles. The molecule has 1 atom stereocenters. The fourth-order valence-corrected chi connectivity index (χ4v) is 2.64. The lowest BCUT2D eigenvalue weighted by molar-refractivity contribution is -0.123. The Morgan fingerprint density at radius 2 is 2.00 bits per heavy atom. The summed E-state index contributed by atoms with van der Waals surface area (Å²) in [7, 11) is 0. The number of hydrogen-bond donors (Lipinski definition) is 3. The Labute approximate surface area is 128 Å². The second kappa shape index (κ2) is 9.73. The van der Waals surface area contributed by atoms with Crippen LogP contribution in [0.3, 0.4) is 0 Å². The summed E-state index contributed by atoms with van der Waals surface area (Å²) in [6.45, 7) is 10.1. The minimum Gasteiger partial charge on any atom is -0.355 e. The van der Waals surface area contributed by atoms with Crippen LogP contribution in [-0.2, 0) is 9.59 Å². The van der Waals surface area contributed by atoms with Gasteiger partial charge in [-0.05, 0) is 25.3 Å². The van der Waals surface area contributed by atoms with Gasteiger partial charge in [-0.15, -0.1) is 0 Å². The molecular weight excluding hydrogens is 268 g/mol. The molecule has 0 spiro atoms. The average molecular weight is 298 g/mol. The monoisotopic (exact) mass is 298 g/mol. The quantitative estimate of drug-likeness (QED) is 0.522. The number of amides is 2. The highest BCUT2D eigenvalue weighted by Gasteiger charge is 2.20. The Morgan fingerprint density at radius 1 is 1.29 bits per heavy atom. The first kappa shape index (κ1) is 17.9. The van der Waals surface area contributed by atoms with Gasteiger partial charge in [0.25, 0.3) is 0 Å². The Kier molecular flexibility index (Phi) is 8.30. The van der Waals surface area contributed by atoms with Gasteiger partial charge in [0.15, 0.2) is 0 Å². The van der Waals surface area contributed by atoms with E-state index < -0.39 is 0 Å². The third-order valence-corrected chi connectivity index (χ3v) is 3.45. The Bertz CT molecular complexity index is 328. The van der Waals surface area contributed by atoms with Crippen molar-refractivity contribution in [3.05, 3.63) is 0 Å². The van der Waals surface area contributed by atoms with Crippen LogP contribution in [0.15, 0.2) is 0 Å². The van der Waals surface area contributed by atoms with Crippen LogP contribution in [0.2, 0.25) is 0 Å². The van der Waals surface area contributed by atoms with Gasteiger partial charge >= 0.3 is 0 Å². The maximum atomic E-state index is 12.0. The maximum Gasteiger partial charge on any atom is 0.234 e. The molecule has 0 saturated carbocycles. The van der Waals surface area contributed by atoms with Gasteiger partial charge in [-0.2, -0.15) is 0 Å². The van der Waals surface area contributed by atoms with Gasteiger partial charge in [0, 0.05) is 39.1 Å².